The van der Waals surface area contributed by atoms with Gasteiger partial charge in [0.15, 0.2) is 0 Å². The van der Waals surface area contributed by atoms with Crippen LogP contribution < -0.4 is 4.90 Å². The van der Waals surface area contributed by atoms with Crippen LogP contribution in [0.4, 0.5) is 5.82 Å². The van der Waals surface area contributed by atoms with Crippen molar-refractivity contribution in [3.05, 3.63) is 16.3 Å². The van der Waals surface area contributed by atoms with Gasteiger partial charge >= 0.3 is 0 Å². The highest BCUT2D eigenvalue weighted by Gasteiger charge is 2.22. The molecule has 22 heavy (non-hydrogen) atoms. The number of aryl methyl sites for hydroxylation is 3. The molecule has 0 radical (unpaired) electrons. The third-order valence-electron chi connectivity index (χ3n) is 4.46. The predicted octanol–water partition coefficient (Wildman–Crippen LogP) is 1.98. The Bertz CT molecular complexity index is 662. The standard InChI is InChI=1S/C16H24N4OS/c1-4-13-17-15(14-11(2)12(3)22-16(14)18-13)20-7-5-19(6-8-20)9-10-21/h21H,4-10H2,1-3H3. The van der Waals surface area contributed by atoms with Crippen molar-refractivity contribution >= 4 is 27.4 Å². The molecule has 1 saturated heterocycles. The summed E-state index contributed by atoms with van der Waals surface area (Å²) in [6.07, 6.45) is 0.864. The number of aliphatic hydroxyl groups is 1. The number of piperazine rings is 1. The van der Waals surface area contributed by atoms with Crippen LogP contribution >= 0.6 is 11.3 Å². The highest BCUT2D eigenvalue weighted by molar-refractivity contribution is 7.18. The number of β-amino-alcohol motifs (C(OH)–C–C–N with tert-alkyl or cyclic N) is 1. The number of aliphatic hydroxyl groups excluding tert-OH is 1. The summed E-state index contributed by atoms with van der Waals surface area (Å²) in [6.45, 7) is 11.3. The molecule has 0 atom stereocenters. The maximum Gasteiger partial charge on any atom is 0.141 e. The number of nitrogens with zero attached hydrogens (tertiary/aromatic N) is 4. The van der Waals surface area contributed by atoms with Gasteiger partial charge in [0.25, 0.3) is 0 Å². The van der Waals surface area contributed by atoms with Gasteiger partial charge in [0.05, 0.1) is 12.0 Å². The van der Waals surface area contributed by atoms with E-state index < -0.39 is 0 Å². The summed E-state index contributed by atoms with van der Waals surface area (Å²) in [7, 11) is 0. The number of fused-ring (bicyclic) bond motifs is 1. The number of hydrogen-bond donors (Lipinski definition) is 1. The molecule has 0 bridgehead atoms. The van der Waals surface area contributed by atoms with E-state index in [0.29, 0.717) is 0 Å². The largest absolute Gasteiger partial charge is 0.395 e. The Kier molecular flexibility index (Phi) is 4.61. The Hall–Kier alpha value is -1.24. The Morgan fingerprint density at radius 1 is 1.14 bits per heavy atom. The van der Waals surface area contributed by atoms with Crippen LogP contribution in [0.15, 0.2) is 0 Å². The molecular weight excluding hydrogens is 296 g/mol. The van der Waals surface area contributed by atoms with Crippen molar-refractivity contribution in [2.75, 3.05) is 44.2 Å². The average Bonchev–Trinajstić information content (AvgIpc) is 2.82. The zero-order chi connectivity index (χ0) is 15.7. The highest BCUT2D eigenvalue weighted by atomic mass is 32.1. The Labute approximate surface area is 135 Å². The van der Waals surface area contributed by atoms with E-state index >= 15 is 0 Å². The molecule has 120 valence electrons. The van der Waals surface area contributed by atoms with E-state index in [9.17, 15) is 0 Å². The molecule has 3 rings (SSSR count). The topological polar surface area (TPSA) is 52.5 Å². The lowest BCUT2D eigenvalue weighted by Gasteiger charge is -2.35. The van der Waals surface area contributed by atoms with Crippen molar-refractivity contribution in [1.29, 1.82) is 0 Å². The van der Waals surface area contributed by atoms with Gasteiger partial charge in [-0.05, 0) is 19.4 Å². The molecule has 2 aromatic heterocycles. The maximum atomic E-state index is 9.08. The normalized spacial score (nSPS) is 16.6. The van der Waals surface area contributed by atoms with Crippen LogP contribution in [0.25, 0.3) is 10.2 Å². The molecule has 2 aromatic rings. The van der Waals surface area contributed by atoms with E-state index in [0.717, 1.165) is 55.6 Å². The summed E-state index contributed by atoms with van der Waals surface area (Å²) < 4.78 is 0. The van der Waals surface area contributed by atoms with Gasteiger partial charge in [-0.25, -0.2) is 9.97 Å². The van der Waals surface area contributed by atoms with Crippen LogP contribution in [-0.4, -0.2) is 59.3 Å². The Morgan fingerprint density at radius 2 is 1.86 bits per heavy atom. The smallest absolute Gasteiger partial charge is 0.141 e. The molecule has 1 aliphatic rings. The van der Waals surface area contributed by atoms with Crippen LogP contribution in [0.3, 0.4) is 0 Å². The summed E-state index contributed by atoms with van der Waals surface area (Å²) in [5.74, 6) is 2.04. The maximum absolute atomic E-state index is 9.08. The fourth-order valence-corrected chi connectivity index (χ4v) is 4.03. The van der Waals surface area contributed by atoms with Crippen molar-refractivity contribution in [2.24, 2.45) is 0 Å². The molecule has 1 N–H and O–H groups in total. The average molecular weight is 320 g/mol. The summed E-state index contributed by atoms with van der Waals surface area (Å²) in [6, 6.07) is 0. The van der Waals surface area contributed by atoms with Gasteiger partial charge in [0.1, 0.15) is 16.5 Å². The van der Waals surface area contributed by atoms with Crippen LogP contribution in [0, 0.1) is 13.8 Å². The Balaban J connectivity index is 1.96. The second-order valence-corrected chi connectivity index (χ2v) is 7.04. The van der Waals surface area contributed by atoms with Crippen LogP contribution in [0.5, 0.6) is 0 Å². The molecule has 0 amide bonds. The molecular formula is C16H24N4OS. The molecule has 1 fully saturated rings. The highest BCUT2D eigenvalue weighted by Crippen LogP contribution is 2.35. The van der Waals surface area contributed by atoms with Gasteiger partial charge in [-0.2, -0.15) is 0 Å². The van der Waals surface area contributed by atoms with Crippen molar-refractivity contribution in [3.63, 3.8) is 0 Å². The van der Waals surface area contributed by atoms with Crippen molar-refractivity contribution in [3.8, 4) is 0 Å². The van der Waals surface area contributed by atoms with Crippen LogP contribution in [0.1, 0.15) is 23.2 Å². The molecule has 1 aliphatic heterocycles. The van der Waals surface area contributed by atoms with E-state index in [-0.39, 0.29) is 6.61 Å². The number of anilines is 1. The van der Waals surface area contributed by atoms with Crippen molar-refractivity contribution in [1.82, 2.24) is 14.9 Å². The van der Waals surface area contributed by atoms with E-state index in [1.54, 1.807) is 11.3 Å². The fraction of sp³-hybridized carbons (Fsp3) is 0.625. The minimum atomic E-state index is 0.237. The number of aromatic nitrogens is 2. The first-order valence-electron chi connectivity index (χ1n) is 7.98. The van der Waals surface area contributed by atoms with Crippen LogP contribution in [0.2, 0.25) is 0 Å². The van der Waals surface area contributed by atoms with Crippen molar-refractivity contribution in [2.45, 2.75) is 27.2 Å². The third kappa shape index (κ3) is 2.83. The van der Waals surface area contributed by atoms with Gasteiger partial charge < -0.3 is 10.0 Å². The third-order valence-corrected chi connectivity index (χ3v) is 5.56. The molecule has 6 heteroatoms. The minimum absolute atomic E-state index is 0.237. The van der Waals surface area contributed by atoms with E-state index in [1.165, 1.54) is 15.8 Å². The zero-order valence-electron chi connectivity index (χ0n) is 13.6. The monoisotopic (exact) mass is 320 g/mol. The zero-order valence-corrected chi connectivity index (χ0v) is 14.4. The summed E-state index contributed by atoms with van der Waals surface area (Å²) >= 11 is 1.77. The quantitative estimate of drug-likeness (QED) is 0.933. The van der Waals surface area contributed by atoms with Gasteiger partial charge in [-0.15, -0.1) is 11.3 Å². The van der Waals surface area contributed by atoms with Gasteiger partial charge in [0.2, 0.25) is 0 Å². The lowest BCUT2D eigenvalue weighted by atomic mass is 10.2. The second kappa shape index (κ2) is 6.48. The first kappa shape index (κ1) is 15.6. The SMILES string of the molecule is CCc1nc(N2CCN(CCO)CC2)c2c(C)c(C)sc2n1. The molecule has 0 aromatic carbocycles. The van der Waals surface area contributed by atoms with E-state index in [1.807, 2.05) is 0 Å². The van der Waals surface area contributed by atoms with Crippen molar-refractivity contribution < 1.29 is 5.11 Å². The van der Waals surface area contributed by atoms with Gasteiger partial charge in [-0.1, -0.05) is 6.92 Å². The molecule has 0 spiro atoms. The fourth-order valence-electron chi connectivity index (χ4n) is 2.98. The lowest BCUT2D eigenvalue weighted by Crippen LogP contribution is -2.47. The van der Waals surface area contributed by atoms with E-state index in [2.05, 4.69) is 30.6 Å². The van der Waals surface area contributed by atoms with Gasteiger partial charge in [-0.3, -0.25) is 4.90 Å². The van der Waals surface area contributed by atoms with Crippen LogP contribution in [-0.2, 0) is 6.42 Å². The van der Waals surface area contributed by atoms with Gasteiger partial charge in [0, 0.05) is 44.0 Å². The summed E-state index contributed by atoms with van der Waals surface area (Å²) in [4.78, 5) is 16.7. The first-order chi connectivity index (χ1) is 10.6. The minimum Gasteiger partial charge on any atom is -0.395 e. The molecule has 0 aliphatic carbocycles. The Morgan fingerprint density at radius 3 is 2.50 bits per heavy atom. The molecule has 0 unspecified atom stereocenters. The van der Waals surface area contributed by atoms with E-state index in [4.69, 9.17) is 15.1 Å². The molecule has 0 saturated carbocycles. The first-order valence-corrected chi connectivity index (χ1v) is 8.80. The lowest BCUT2D eigenvalue weighted by molar-refractivity contribution is 0.188. The second-order valence-electron chi connectivity index (χ2n) is 5.83. The summed E-state index contributed by atoms with van der Waals surface area (Å²) in [5, 5.41) is 10.3. The summed E-state index contributed by atoms with van der Waals surface area (Å²) in [5.41, 5.74) is 1.32. The number of thiophene rings is 1. The number of hydrogen-bond acceptors (Lipinski definition) is 6. The molecule has 3 heterocycles. The predicted molar refractivity (Wildman–Crippen MR) is 92.0 cm³/mol. The number of rotatable bonds is 4. The molecule has 5 nitrogen and oxygen atoms in total.